The zero-order chi connectivity index (χ0) is 18.3. The number of hydrogen-bond acceptors (Lipinski definition) is 3. The van der Waals surface area contributed by atoms with E-state index >= 15 is 0 Å². The van der Waals surface area contributed by atoms with Crippen LogP contribution in [-0.4, -0.2) is 24.3 Å². The molecule has 3 heteroatoms. The van der Waals surface area contributed by atoms with Gasteiger partial charge in [0.15, 0.2) is 0 Å². The third-order valence-electron chi connectivity index (χ3n) is 8.29. The van der Waals surface area contributed by atoms with Gasteiger partial charge in [-0.05, 0) is 79.1 Å². The molecule has 140 valence electrons. The van der Waals surface area contributed by atoms with E-state index in [0.29, 0.717) is 24.2 Å². The molecule has 2 saturated carbocycles. The average Bonchev–Trinajstić information content (AvgIpc) is 2.72. The van der Waals surface area contributed by atoms with E-state index in [-0.39, 0.29) is 29.3 Å². The van der Waals surface area contributed by atoms with Crippen LogP contribution in [0.4, 0.5) is 0 Å². The molecule has 1 N–H and O–H groups in total. The van der Waals surface area contributed by atoms with Crippen LogP contribution < -0.4 is 0 Å². The van der Waals surface area contributed by atoms with Crippen molar-refractivity contribution >= 4 is 12.6 Å². The van der Waals surface area contributed by atoms with Crippen molar-refractivity contribution in [1.29, 1.82) is 0 Å². The molecule has 0 saturated heterocycles. The Balaban J connectivity index is 2.09. The van der Waals surface area contributed by atoms with Gasteiger partial charge in [0.1, 0.15) is 12.6 Å². The molecule has 3 aliphatic carbocycles. The van der Waals surface area contributed by atoms with Gasteiger partial charge in [0, 0.05) is 12.0 Å². The zero-order valence-electron chi connectivity index (χ0n) is 16.1. The molecule has 0 radical (unpaired) electrons. The maximum absolute atomic E-state index is 12.5. The Morgan fingerprint density at radius 1 is 1.16 bits per heavy atom. The van der Waals surface area contributed by atoms with E-state index in [9.17, 15) is 14.7 Å². The number of aldehydes is 2. The summed E-state index contributed by atoms with van der Waals surface area (Å²) in [6.45, 7) is 7.30. The second-order valence-electron chi connectivity index (χ2n) is 9.77. The van der Waals surface area contributed by atoms with Gasteiger partial charge in [-0.1, -0.05) is 33.3 Å². The first kappa shape index (κ1) is 18.8. The van der Waals surface area contributed by atoms with Crippen molar-refractivity contribution in [2.24, 2.45) is 34.0 Å². The first-order valence-electron chi connectivity index (χ1n) is 10.1. The van der Waals surface area contributed by atoms with Crippen LogP contribution in [0.5, 0.6) is 0 Å². The third kappa shape index (κ3) is 2.83. The number of aliphatic hydroxyl groups excluding tert-OH is 1. The number of carbonyl (C=O) groups is 2. The fourth-order valence-electron chi connectivity index (χ4n) is 7.15. The Labute approximate surface area is 152 Å². The second kappa shape index (κ2) is 6.64. The molecule has 0 aromatic heterocycles. The molecule has 0 bridgehead atoms. The van der Waals surface area contributed by atoms with Crippen molar-refractivity contribution in [3.05, 3.63) is 11.6 Å². The van der Waals surface area contributed by atoms with Gasteiger partial charge in [-0.3, -0.25) is 4.79 Å². The van der Waals surface area contributed by atoms with E-state index in [0.717, 1.165) is 31.1 Å². The molecule has 0 amide bonds. The summed E-state index contributed by atoms with van der Waals surface area (Å²) in [4.78, 5) is 24.0. The monoisotopic (exact) mass is 346 g/mol. The van der Waals surface area contributed by atoms with Crippen molar-refractivity contribution in [3.63, 3.8) is 0 Å². The highest BCUT2D eigenvalue weighted by Crippen LogP contribution is 2.67. The van der Waals surface area contributed by atoms with E-state index in [4.69, 9.17) is 0 Å². The highest BCUT2D eigenvalue weighted by molar-refractivity contribution is 5.74. The van der Waals surface area contributed by atoms with Crippen LogP contribution in [0.2, 0.25) is 0 Å². The molecule has 0 unspecified atom stereocenters. The van der Waals surface area contributed by atoms with E-state index in [2.05, 4.69) is 26.8 Å². The Hall–Kier alpha value is -0.960. The quantitative estimate of drug-likeness (QED) is 0.771. The van der Waals surface area contributed by atoms with Gasteiger partial charge in [0.05, 0.1) is 0 Å². The Kier molecular flexibility index (Phi) is 5.00. The lowest BCUT2D eigenvalue weighted by atomic mass is 9.41. The normalized spacial score (nSPS) is 43.2. The lowest BCUT2D eigenvalue weighted by Gasteiger charge is -2.63. The molecule has 3 aliphatic rings. The molecule has 3 nitrogen and oxygen atoms in total. The molecule has 5 atom stereocenters. The van der Waals surface area contributed by atoms with Gasteiger partial charge < -0.3 is 9.90 Å². The maximum atomic E-state index is 12.5. The zero-order valence-corrected chi connectivity index (χ0v) is 16.1. The van der Waals surface area contributed by atoms with Gasteiger partial charge in [-0.2, -0.15) is 0 Å². The molecule has 0 spiro atoms. The van der Waals surface area contributed by atoms with Gasteiger partial charge >= 0.3 is 0 Å². The smallest absolute Gasteiger partial charge is 0.145 e. The van der Waals surface area contributed by atoms with Crippen molar-refractivity contribution in [2.75, 3.05) is 6.61 Å². The minimum absolute atomic E-state index is 0.0850. The van der Waals surface area contributed by atoms with Gasteiger partial charge in [-0.15, -0.1) is 0 Å². The van der Waals surface area contributed by atoms with Crippen LogP contribution in [-0.2, 0) is 9.59 Å². The van der Waals surface area contributed by atoms with E-state index in [1.165, 1.54) is 25.5 Å². The molecule has 25 heavy (non-hydrogen) atoms. The predicted octanol–water partition coefficient (Wildman–Crippen LogP) is 4.33. The number of carbonyl (C=O) groups excluding carboxylic acids is 2. The number of aliphatic hydroxyl groups is 1. The van der Waals surface area contributed by atoms with Crippen molar-refractivity contribution in [3.8, 4) is 0 Å². The van der Waals surface area contributed by atoms with Crippen LogP contribution in [0, 0.1) is 34.0 Å². The topological polar surface area (TPSA) is 54.4 Å². The summed E-state index contributed by atoms with van der Waals surface area (Å²) in [6, 6.07) is 0. The maximum Gasteiger partial charge on any atom is 0.145 e. The minimum atomic E-state index is -0.386. The average molecular weight is 347 g/mol. The number of rotatable bonds is 4. The lowest BCUT2D eigenvalue weighted by molar-refractivity contribution is -0.161. The summed E-state index contributed by atoms with van der Waals surface area (Å²) in [7, 11) is 0. The number of fused-ring (bicyclic) bond motifs is 3. The first-order chi connectivity index (χ1) is 11.8. The fraction of sp³-hybridized carbons (Fsp3) is 0.818. The summed E-state index contributed by atoms with van der Waals surface area (Å²) in [5.74, 6) is 0.999. The fourth-order valence-corrected chi connectivity index (χ4v) is 7.15. The minimum Gasteiger partial charge on any atom is -0.396 e. The second-order valence-corrected chi connectivity index (χ2v) is 9.77. The predicted molar refractivity (Wildman–Crippen MR) is 99.0 cm³/mol. The first-order valence-corrected chi connectivity index (χ1v) is 10.1. The van der Waals surface area contributed by atoms with Crippen LogP contribution in [0.3, 0.4) is 0 Å². The van der Waals surface area contributed by atoms with Crippen LogP contribution >= 0.6 is 0 Å². The summed E-state index contributed by atoms with van der Waals surface area (Å²) in [5, 5.41) is 9.63. The highest BCUT2D eigenvalue weighted by Gasteiger charge is 2.61. The van der Waals surface area contributed by atoms with Gasteiger partial charge in [0.2, 0.25) is 0 Å². The summed E-state index contributed by atoms with van der Waals surface area (Å²) in [5.41, 5.74) is 0.897. The SMILES string of the molecule is CC1(C)CCC[C@]2(C)[C@H]3CC=C(C=O)C[C@H](CCO)[C@]3(C=O)CC[C@@H]12. The molecule has 0 aromatic rings. The molecule has 3 rings (SSSR count). The van der Waals surface area contributed by atoms with Crippen molar-refractivity contribution in [2.45, 2.75) is 72.1 Å². The summed E-state index contributed by atoms with van der Waals surface area (Å²) in [6.07, 6.45) is 12.1. The molecule has 2 fully saturated rings. The molecule has 0 aromatic carbocycles. The van der Waals surface area contributed by atoms with Crippen molar-refractivity contribution < 1.29 is 14.7 Å². The largest absolute Gasteiger partial charge is 0.396 e. The molecule has 0 aliphatic heterocycles. The highest BCUT2D eigenvalue weighted by atomic mass is 16.3. The van der Waals surface area contributed by atoms with E-state index < -0.39 is 0 Å². The van der Waals surface area contributed by atoms with Crippen LogP contribution in [0.1, 0.15) is 72.1 Å². The standard InChI is InChI=1S/C22H34O3/c1-20(2)9-4-10-21(3)18(20)7-11-22(15-25)17(8-12-23)13-16(14-24)5-6-19(21)22/h5,14-15,17-19,23H,4,6-13H2,1-3H3/t17-,18-,19+,21-,22+/m0/s1. The van der Waals surface area contributed by atoms with E-state index in [1.807, 2.05) is 0 Å². The van der Waals surface area contributed by atoms with Crippen molar-refractivity contribution in [1.82, 2.24) is 0 Å². The molecular formula is C22H34O3. The Morgan fingerprint density at radius 3 is 2.56 bits per heavy atom. The number of allylic oxidation sites excluding steroid dienone is 2. The summed E-state index contributed by atoms with van der Waals surface area (Å²) < 4.78 is 0. The molecule has 0 heterocycles. The van der Waals surface area contributed by atoms with E-state index in [1.54, 1.807) is 0 Å². The van der Waals surface area contributed by atoms with Crippen LogP contribution in [0.15, 0.2) is 11.6 Å². The number of hydrogen-bond donors (Lipinski definition) is 1. The van der Waals surface area contributed by atoms with Crippen LogP contribution in [0.25, 0.3) is 0 Å². The van der Waals surface area contributed by atoms with Gasteiger partial charge in [-0.25, -0.2) is 0 Å². The van der Waals surface area contributed by atoms with Gasteiger partial charge in [0.25, 0.3) is 0 Å². The Bertz CT molecular complexity index is 564. The lowest BCUT2D eigenvalue weighted by Crippen LogP contribution is -2.58. The summed E-state index contributed by atoms with van der Waals surface area (Å²) >= 11 is 0. The third-order valence-corrected chi connectivity index (χ3v) is 8.29. The molecular weight excluding hydrogens is 312 g/mol. The Morgan fingerprint density at radius 2 is 1.92 bits per heavy atom.